The van der Waals surface area contributed by atoms with Crippen LogP contribution in [0.15, 0.2) is 47.6 Å². The minimum atomic E-state index is -3.15. The van der Waals surface area contributed by atoms with Crippen LogP contribution in [0.25, 0.3) is 10.4 Å². The Hall–Kier alpha value is -8.33. The molecule has 3 aliphatic heterocycles. The predicted octanol–water partition coefficient (Wildman–Crippen LogP) is 5.83. The zero-order valence-corrected chi connectivity index (χ0v) is 58.0. The minimum Gasteiger partial charge on any atom is -0.465 e. The Morgan fingerprint density at radius 3 is 1.72 bits per heavy atom. The van der Waals surface area contributed by atoms with Crippen molar-refractivity contribution >= 4 is 71.6 Å². The molecule has 0 spiro atoms. The molecule has 1 N–H and O–H groups in total. The van der Waals surface area contributed by atoms with E-state index in [1.54, 1.807) is 30.4 Å². The lowest BCUT2D eigenvalue weighted by Crippen LogP contribution is -2.72. The van der Waals surface area contributed by atoms with Gasteiger partial charge >= 0.3 is 65.7 Å². The first-order valence-corrected chi connectivity index (χ1v) is 32.7. The number of nitrogens with one attached hydrogen (secondary N) is 1. The standard InChI is InChI=1S/C66H94N4O29/c1-13-14-15-16-17-18-19-20-21-22-23-24-28-31-49(95-62(81)47-29-26-25-27-30-47)48(69-70-67)33-86-63-60(93-45(10)79)57(92-44(9)78)53(36-87-63)97-64-61(94-46(11)80)59(56(91-43(8)77)52(96-64)35-85-39(4)73)99-66(65(82)83-12)32-50(88-40(5)74)54(68-37(2)71)58(98-66)55(90-42(7)76)51(89-41(6)75)34-84-38(3)72/h25-31,48-61,63-64H,13-24,32-36H2,1-12H3,(H,68,71)/b31-28+/t48-,49+,50-,51+,52+,53+,54+,55+,56-,57-,58+,59-,60+,61+,63+,64-,66-/m0/s1. The van der Waals surface area contributed by atoms with Crippen LogP contribution >= 0.6 is 0 Å². The van der Waals surface area contributed by atoms with Crippen LogP contribution in [0.5, 0.6) is 0 Å². The van der Waals surface area contributed by atoms with Gasteiger partial charge in [-0.05, 0) is 36.6 Å². The van der Waals surface area contributed by atoms with Crippen molar-refractivity contribution in [3.8, 4) is 0 Å². The zero-order chi connectivity index (χ0) is 73.4. The average Bonchev–Trinajstić information content (AvgIpc) is 0.746. The van der Waals surface area contributed by atoms with Crippen molar-refractivity contribution in [1.29, 1.82) is 0 Å². The highest BCUT2D eigenvalue weighted by Crippen LogP contribution is 2.42. The van der Waals surface area contributed by atoms with E-state index in [1.807, 2.05) is 0 Å². The Balaban J connectivity index is 1.86. The van der Waals surface area contributed by atoms with Crippen LogP contribution < -0.4 is 5.32 Å². The van der Waals surface area contributed by atoms with Gasteiger partial charge in [-0.1, -0.05) is 101 Å². The van der Waals surface area contributed by atoms with Crippen molar-refractivity contribution in [2.45, 2.75) is 263 Å². The van der Waals surface area contributed by atoms with Crippen LogP contribution in [0.1, 0.15) is 170 Å². The van der Waals surface area contributed by atoms with Gasteiger partial charge in [0.15, 0.2) is 49.2 Å². The number of esters is 11. The molecule has 4 rings (SSSR count). The highest BCUT2D eigenvalue weighted by atomic mass is 16.8. The van der Waals surface area contributed by atoms with Gasteiger partial charge in [-0.2, -0.15) is 0 Å². The number of ether oxygens (including phenoxy) is 17. The molecule has 17 atom stereocenters. The lowest BCUT2D eigenvalue weighted by atomic mass is 9.87. The fourth-order valence-corrected chi connectivity index (χ4v) is 11.3. The molecule has 0 saturated carbocycles. The maximum Gasteiger partial charge on any atom is 0.366 e. The first-order chi connectivity index (χ1) is 47.0. The summed E-state index contributed by atoms with van der Waals surface area (Å²) in [5.41, 5.74) is 10.1. The quantitative estimate of drug-likeness (QED) is 0.0154. The number of hydrogen-bond donors (Lipinski definition) is 1. The Morgan fingerprint density at radius 1 is 0.626 bits per heavy atom. The van der Waals surface area contributed by atoms with E-state index in [0.717, 1.165) is 108 Å². The first-order valence-electron chi connectivity index (χ1n) is 32.7. The van der Waals surface area contributed by atoms with E-state index >= 15 is 0 Å². The number of nitrogens with zero attached hydrogens (tertiary/aromatic N) is 3. The summed E-state index contributed by atoms with van der Waals surface area (Å²) in [5, 5.41) is 6.44. The number of hydrogen-bond acceptors (Lipinski definition) is 30. The summed E-state index contributed by atoms with van der Waals surface area (Å²) in [6.07, 6.45) is -11.4. The predicted molar refractivity (Wildman–Crippen MR) is 337 cm³/mol. The number of allylic oxidation sites excluding steroid dienone is 1. The summed E-state index contributed by atoms with van der Waals surface area (Å²) in [6, 6.07) is 4.95. The van der Waals surface area contributed by atoms with E-state index in [9.17, 15) is 63.1 Å². The van der Waals surface area contributed by atoms with Crippen LogP contribution in [0.2, 0.25) is 0 Å². The third-order valence-electron chi connectivity index (χ3n) is 15.3. The van der Waals surface area contributed by atoms with E-state index < -0.39 is 208 Å². The summed E-state index contributed by atoms with van der Waals surface area (Å²) in [7, 11) is 0.841. The largest absolute Gasteiger partial charge is 0.465 e. The van der Waals surface area contributed by atoms with Crippen molar-refractivity contribution in [1.82, 2.24) is 5.32 Å². The first kappa shape index (κ1) is 83.1. The number of unbranched alkanes of at least 4 members (excludes halogenated alkanes) is 11. The Morgan fingerprint density at radius 2 is 1.18 bits per heavy atom. The second-order valence-electron chi connectivity index (χ2n) is 23.6. The molecule has 3 fully saturated rings. The molecule has 0 radical (unpaired) electrons. The lowest BCUT2D eigenvalue weighted by molar-refractivity contribution is -0.381. The number of carbonyl (C=O) groups excluding carboxylic acids is 12. The Kier molecular flexibility index (Phi) is 35.7. The van der Waals surface area contributed by atoms with E-state index in [-0.39, 0.29) is 5.56 Å². The summed E-state index contributed by atoms with van der Waals surface area (Å²) in [6.45, 7) is 8.71. The van der Waals surface area contributed by atoms with Gasteiger partial charge in [0.1, 0.15) is 55.9 Å². The van der Waals surface area contributed by atoms with Crippen LogP contribution in [0.4, 0.5) is 0 Å². The van der Waals surface area contributed by atoms with Gasteiger partial charge in [0, 0.05) is 74.1 Å². The number of methoxy groups -OCH3 is 1. The van der Waals surface area contributed by atoms with Crippen molar-refractivity contribution in [3.63, 3.8) is 0 Å². The van der Waals surface area contributed by atoms with E-state index in [1.165, 1.54) is 50.7 Å². The SMILES string of the molecule is CCCCCCCCCCCCC/C=C/[C@@H](OC(=O)c1ccccc1)[C@H](CO[C@@H]1OC[C@@H](O[C@@H]2O[C@H](COC(C)=O)[C@H](OC(C)=O)[C@H](O[C@]3(C(=O)OC)C[C@H](OC(C)=O)[C@@H](NC(C)=O)[C@H]([C@H](OC(C)=O)[C@@H](COC(C)=O)OC(C)=O)O3)[C@H]2OC(C)=O)[C@H](OC(C)=O)[C@H]1OC(C)=O)N=[N+]=[N-]. The molecule has 552 valence electrons. The Bertz CT molecular complexity index is 2940. The molecule has 33 nitrogen and oxygen atoms in total. The van der Waals surface area contributed by atoms with E-state index in [4.69, 9.17) is 80.5 Å². The summed E-state index contributed by atoms with van der Waals surface area (Å²) in [5.74, 6) is -15.7. The number of azide groups is 1. The molecular weight excluding hydrogens is 1310 g/mol. The van der Waals surface area contributed by atoms with Gasteiger partial charge in [0.25, 0.3) is 5.79 Å². The van der Waals surface area contributed by atoms with Gasteiger partial charge in [-0.15, -0.1) is 0 Å². The second kappa shape index (κ2) is 42.6. The second-order valence-corrected chi connectivity index (χ2v) is 23.6. The van der Waals surface area contributed by atoms with Crippen LogP contribution in [0.3, 0.4) is 0 Å². The summed E-state index contributed by atoms with van der Waals surface area (Å²) in [4.78, 5) is 162. The minimum absolute atomic E-state index is 0.177. The highest BCUT2D eigenvalue weighted by Gasteiger charge is 2.64. The molecular formula is C66H94N4O29. The fraction of sp³-hybridized carbons (Fsp3) is 0.697. The molecule has 0 unspecified atom stereocenters. The van der Waals surface area contributed by atoms with E-state index in [0.29, 0.717) is 6.42 Å². The van der Waals surface area contributed by atoms with Gasteiger partial charge in [0.05, 0.1) is 38.3 Å². The lowest BCUT2D eigenvalue weighted by Gasteiger charge is -2.52. The molecule has 0 aliphatic carbocycles. The number of amides is 1. The highest BCUT2D eigenvalue weighted by molar-refractivity contribution is 5.89. The van der Waals surface area contributed by atoms with Crippen LogP contribution in [-0.4, -0.2) is 209 Å². The van der Waals surface area contributed by atoms with Crippen molar-refractivity contribution < 1.29 is 138 Å². The maximum atomic E-state index is 14.9. The van der Waals surface area contributed by atoms with Crippen molar-refractivity contribution in [3.05, 3.63) is 58.5 Å². The van der Waals surface area contributed by atoms with Crippen LogP contribution in [0, 0.1) is 0 Å². The van der Waals surface area contributed by atoms with Gasteiger partial charge in [-0.25, -0.2) is 9.59 Å². The molecule has 3 aliphatic rings. The molecule has 3 saturated heterocycles. The molecule has 33 heteroatoms. The third kappa shape index (κ3) is 28.1. The molecule has 0 aromatic heterocycles. The third-order valence-corrected chi connectivity index (χ3v) is 15.3. The molecule has 1 aromatic carbocycles. The van der Waals surface area contributed by atoms with Gasteiger partial charge < -0.3 is 85.8 Å². The molecule has 1 aromatic rings. The maximum absolute atomic E-state index is 14.9. The smallest absolute Gasteiger partial charge is 0.366 e. The molecule has 1 amide bonds. The molecule has 3 heterocycles. The van der Waals surface area contributed by atoms with Crippen molar-refractivity contribution in [2.75, 3.05) is 33.5 Å². The number of benzene rings is 1. The van der Waals surface area contributed by atoms with Crippen molar-refractivity contribution in [2.24, 2.45) is 5.11 Å². The molecule has 0 bridgehead atoms. The normalized spacial score (nSPS) is 25.4. The molecule has 99 heavy (non-hydrogen) atoms. The summed E-state index contributed by atoms with van der Waals surface area (Å²) >= 11 is 0. The number of carbonyl (C=O) groups is 12. The number of rotatable bonds is 39. The van der Waals surface area contributed by atoms with Gasteiger partial charge in [0.2, 0.25) is 5.91 Å². The summed E-state index contributed by atoms with van der Waals surface area (Å²) < 4.78 is 100. The van der Waals surface area contributed by atoms with E-state index in [2.05, 4.69) is 22.3 Å². The van der Waals surface area contributed by atoms with Crippen LogP contribution in [-0.2, 0) is 133 Å². The average molecular weight is 1410 g/mol. The Labute approximate surface area is 573 Å². The topological polar surface area (TPSA) is 423 Å². The van der Waals surface area contributed by atoms with Gasteiger partial charge in [-0.3, -0.25) is 47.9 Å². The zero-order valence-electron chi connectivity index (χ0n) is 58.0. The monoisotopic (exact) mass is 1410 g/mol. The fourth-order valence-electron chi connectivity index (χ4n) is 11.3.